The molecule has 1 heterocycles. The van der Waals surface area contributed by atoms with E-state index < -0.39 is 0 Å². The van der Waals surface area contributed by atoms with E-state index in [9.17, 15) is 4.79 Å². The number of aryl methyl sites for hydroxylation is 1. The van der Waals surface area contributed by atoms with Crippen molar-refractivity contribution in [3.05, 3.63) is 60.3 Å². The topological polar surface area (TPSA) is 60.6 Å². The lowest BCUT2D eigenvalue weighted by Gasteiger charge is -2.08. The number of aromatic nitrogens is 1. The summed E-state index contributed by atoms with van der Waals surface area (Å²) < 4.78 is 15.8. The molecule has 0 unspecified atom stereocenters. The highest BCUT2D eigenvalue weighted by atomic mass is 16.6. The van der Waals surface area contributed by atoms with Gasteiger partial charge in [0.2, 0.25) is 0 Å². The van der Waals surface area contributed by atoms with Gasteiger partial charge in [0.05, 0.1) is 7.11 Å². The van der Waals surface area contributed by atoms with Gasteiger partial charge in [0.15, 0.2) is 0 Å². The van der Waals surface area contributed by atoms with E-state index in [0.717, 1.165) is 29.9 Å². The van der Waals surface area contributed by atoms with E-state index in [-0.39, 0.29) is 12.6 Å². The van der Waals surface area contributed by atoms with Crippen molar-refractivity contribution in [1.29, 1.82) is 0 Å². The molecule has 1 N–H and O–H groups in total. The van der Waals surface area contributed by atoms with E-state index in [4.69, 9.17) is 14.2 Å². The quantitative estimate of drug-likeness (QED) is 0.464. The summed E-state index contributed by atoms with van der Waals surface area (Å²) in [6.45, 7) is 0.582. The average molecular weight is 353 g/mol. The summed E-state index contributed by atoms with van der Waals surface area (Å²) in [5.41, 5.74) is 2.36. The van der Waals surface area contributed by atoms with Gasteiger partial charge < -0.3 is 19.2 Å². The Morgan fingerprint density at radius 3 is 2.58 bits per heavy atom. The number of carbonyl (C=O) groups is 1. The zero-order chi connectivity index (χ0) is 18.2. The molecule has 3 rings (SSSR count). The van der Waals surface area contributed by atoms with Crippen LogP contribution in [0.5, 0.6) is 11.5 Å². The number of carbonyl (C=O) groups excluding carboxylic acids is 1. The maximum atomic E-state index is 11.8. The third-order valence-electron chi connectivity index (χ3n) is 4.18. The minimum atomic E-state index is -0.192. The third kappa shape index (κ3) is 4.79. The molecule has 0 bridgehead atoms. The van der Waals surface area contributed by atoms with Crippen LogP contribution in [-0.2, 0) is 16.0 Å². The summed E-state index contributed by atoms with van der Waals surface area (Å²) in [6, 6.07) is 15.5. The Bertz CT molecular complexity index is 839. The highest BCUT2D eigenvalue weighted by Gasteiger charge is 2.06. The molecule has 26 heavy (non-hydrogen) atoms. The fourth-order valence-electron chi connectivity index (χ4n) is 2.82. The number of para-hydroxylation sites is 1. The van der Waals surface area contributed by atoms with E-state index in [0.29, 0.717) is 13.0 Å². The number of benzene rings is 2. The zero-order valence-electron chi connectivity index (χ0n) is 14.9. The fourth-order valence-corrected chi connectivity index (χ4v) is 2.82. The van der Waals surface area contributed by atoms with Crippen LogP contribution in [-0.4, -0.2) is 31.3 Å². The standard InChI is InChI=1S/C21H23NO4/c1-24-17-9-11-18(12-10-17)25-13-14-26-21(23)8-4-5-16-15-22-20-7-3-2-6-19(16)20/h2-3,6-7,9-12,15,22H,4-5,8,13-14H2,1H3. The normalized spacial score (nSPS) is 10.7. The van der Waals surface area contributed by atoms with Crippen molar-refractivity contribution in [2.24, 2.45) is 0 Å². The fraction of sp³-hybridized carbons (Fsp3) is 0.286. The Hall–Kier alpha value is -2.95. The second-order valence-corrected chi connectivity index (χ2v) is 5.96. The Balaban J connectivity index is 1.33. The second kappa shape index (κ2) is 8.94. The summed E-state index contributed by atoms with van der Waals surface area (Å²) >= 11 is 0. The van der Waals surface area contributed by atoms with Crippen LogP contribution in [0.15, 0.2) is 54.7 Å². The monoisotopic (exact) mass is 353 g/mol. The molecule has 0 amide bonds. The van der Waals surface area contributed by atoms with Crippen molar-refractivity contribution in [3.63, 3.8) is 0 Å². The molecule has 3 aromatic rings. The van der Waals surface area contributed by atoms with Gasteiger partial charge in [-0.1, -0.05) is 18.2 Å². The van der Waals surface area contributed by atoms with Gasteiger partial charge in [-0.3, -0.25) is 4.79 Å². The van der Waals surface area contributed by atoms with Crippen molar-refractivity contribution >= 4 is 16.9 Å². The van der Waals surface area contributed by atoms with Crippen LogP contribution in [0.4, 0.5) is 0 Å². The van der Waals surface area contributed by atoms with E-state index in [1.807, 2.05) is 42.6 Å². The largest absolute Gasteiger partial charge is 0.497 e. The summed E-state index contributed by atoms with van der Waals surface area (Å²) in [6.07, 6.45) is 4.03. The number of ether oxygens (including phenoxy) is 3. The lowest BCUT2D eigenvalue weighted by molar-refractivity contribution is -0.144. The smallest absolute Gasteiger partial charge is 0.305 e. The zero-order valence-corrected chi connectivity index (χ0v) is 14.9. The van der Waals surface area contributed by atoms with Gasteiger partial charge in [-0.25, -0.2) is 0 Å². The summed E-state index contributed by atoms with van der Waals surface area (Å²) in [5.74, 6) is 1.31. The molecular formula is C21H23NO4. The number of nitrogens with one attached hydrogen (secondary N) is 1. The average Bonchev–Trinajstić information content (AvgIpc) is 3.09. The van der Waals surface area contributed by atoms with Crippen LogP contribution in [0, 0.1) is 0 Å². The molecule has 136 valence electrons. The minimum Gasteiger partial charge on any atom is -0.497 e. The number of rotatable bonds is 9. The predicted molar refractivity (Wildman–Crippen MR) is 101 cm³/mol. The molecule has 0 atom stereocenters. The second-order valence-electron chi connectivity index (χ2n) is 5.96. The van der Waals surface area contributed by atoms with E-state index in [1.165, 1.54) is 10.9 Å². The predicted octanol–water partition coefficient (Wildman–Crippen LogP) is 4.12. The Morgan fingerprint density at radius 2 is 1.77 bits per heavy atom. The number of fused-ring (bicyclic) bond motifs is 1. The molecule has 5 heteroatoms. The maximum Gasteiger partial charge on any atom is 0.305 e. The van der Waals surface area contributed by atoms with Gasteiger partial charge in [-0.05, 0) is 48.7 Å². The number of hydrogen-bond acceptors (Lipinski definition) is 4. The van der Waals surface area contributed by atoms with Crippen LogP contribution in [0.25, 0.3) is 10.9 Å². The molecule has 0 aliphatic rings. The number of H-pyrrole nitrogens is 1. The number of hydrogen-bond donors (Lipinski definition) is 1. The molecule has 0 saturated heterocycles. The van der Waals surface area contributed by atoms with E-state index in [1.54, 1.807) is 7.11 Å². The molecule has 0 aliphatic heterocycles. The molecule has 0 saturated carbocycles. The van der Waals surface area contributed by atoms with Crippen molar-refractivity contribution < 1.29 is 19.0 Å². The van der Waals surface area contributed by atoms with Gasteiger partial charge in [-0.2, -0.15) is 0 Å². The molecule has 0 fully saturated rings. The van der Waals surface area contributed by atoms with Crippen LogP contribution in [0.1, 0.15) is 18.4 Å². The third-order valence-corrected chi connectivity index (χ3v) is 4.18. The lowest BCUT2D eigenvalue weighted by Crippen LogP contribution is -2.12. The van der Waals surface area contributed by atoms with Crippen molar-refractivity contribution in [3.8, 4) is 11.5 Å². The van der Waals surface area contributed by atoms with Gasteiger partial charge in [0.1, 0.15) is 24.7 Å². The van der Waals surface area contributed by atoms with Crippen molar-refractivity contribution in [2.75, 3.05) is 20.3 Å². The first-order valence-electron chi connectivity index (χ1n) is 8.74. The molecule has 0 radical (unpaired) electrons. The maximum absolute atomic E-state index is 11.8. The van der Waals surface area contributed by atoms with Gasteiger partial charge in [0.25, 0.3) is 0 Å². The summed E-state index contributed by atoms with van der Waals surface area (Å²) in [7, 11) is 1.62. The summed E-state index contributed by atoms with van der Waals surface area (Å²) in [5, 5.41) is 1.22. The molecule has 2 aromatic carbocycles. The first kappa shape index (κ1) is 17.9. The highest BCUT2D eigenvalue weighted by Crippen LogP contribution is 2.19. The summed E-state index contributed by atoms with van der Waals surface area (Å²) in [4.78, 5) is 15.1. The first-order chi connectivity index (χ1) is 12.8. The Kier molecular flexibility index (Phi) is 6.14. The van der Waals surface area contributed by atoms with Crippen LogP contribution < -0.4 is 9.47 Å². The number of esters is 1. The van der Waals surface area contributed by atoms with E-state index >= 15 is 0 Å². The number of methoxy groups -OCH3 is 1. The van der Waals surface area contributed by atoms with E-state index in [2.05, 4.69) is 17.1 Å². The molecule has 1 aromatic heterocycles. The Morgan fingerprint density at radius 1 is 1.00 bits per heavy atom. The first-order valence-corrected chi connectivity index (χ1v) is 8.74. The van der Waals surface area contributed by atoms with Crippen molar-refractivity contribution in [1.82, 2.24) is 4.98 Å². The Labute approximate surface area is 152 Å². The van der Waals surface area contributed by atoms with Crippen molar-refractivity contribution in [2.45, 2.75) is 19.3 Å². The minimum absolute atomic E-state index is 0.192. The van der Waals surface area contributed by atoms with Crippen LogP contribution in [0.3, 0.4) is 0 Å². The van der Waals surface area contributed by atoms with Gasteiger partial charge in [0, 0.05) is 23.5 Å². The molecular weight excluding hydrogens is 330 g/mol. The molecule has 0 spiro atoms. The highest BCUT2D eigenvalue weighted by molar-refractivity contribution is 5.83. The number of aromatic amines is 1. The van der Waals surface area contributed by atoms with Crippen LogP contribution in [0.2, 0.25) is 0 Å². The molecule has 0 aliphatic carbocycles. The van der Waals surface area contributed by atoms with Gasteiger partial charge in [-0.15, -0.1) is 0 Å². The van der Waals surface area contributed by atoms with Crippen LogP contribution >= 0.6 is 0 Å². The van der Waals surface area contributed by atoms with Gasteiger partial charge >= 0.3 is 5.97 Å². The lowest BCUT2D eigenvalue weighted by atomic mass is 10.1. The SMILES string of the molecule is COc1ccc(OCCOC(=O)CCCc2c[nH]c3ccccc23)cc1. The molecule has 5 nitrogen and oxygen atoms in total.